The number of ketones is 1. The Morgan fingerprint density at radius 2 is 1.48 bits per heavy atom. The van der Waals surface area contributed by atoms with Crippen LogP contribution in [0.25, 0.3) is 27.6 Å². The predicted octanol–water partition coefficient (Wildman–Crippen LogP) is 7.27. The molecule has 0 N–H and O–H groups in total. The number of allylic oxidation sites excluding steroid dienone is 5. The summed E-state index contributed by atoms with van der Waals surface area (Å²) in [6.45, 7) is 6.08. The van der Waals surface area contributed by atoms with Gasteiger partial charge in [0.1, 0.15) is 0 Å². The molecule has 0 unspecified atom stereocenters. The van der Waals surface area contributed by atoms with Crippen LogP contribution in [-0.4, -0.2) is 5.78 Å². The molecule has 0 atom stereocenters. The molecule has 3 aromatic carbocycles. The van der Waals surface area contributed by atoms with Gasteiger partial charge in [-0.05, 0) is 71.2 Å². The predicted molar refractivity (Wildman–Crippen MR) is 118 cm³/mol. The van der Waals surface area contributed by atoms with Gasteiger partial charge in [0.2, 0.25) is 0 Å². The monoisotopic (exact) mass is 354 g/mol. The summed E-state index contributed by atoms with van der Waals surface area (Å²) >= 11 is 0. The zero-order chi connectivity index (χ0) is 19.2. The molecule has 0 bridgehead atoms. The second-order valence-electron chi connectivity index (χ2n) is 6.70. The number of hydrogen-bond acceptors (Lipinski definition) is 1. The summed E-state index contributed by atoms with van der Waals surface area (Å²) in [6, 6.07) is 18.9. The molecule has 0 spiro atoms. The van der Waals surface area contributed by atoms with Crippen molar-refractivity contribution in [3.05, 3.63) is 89.5 Å². The molecule has 3 rings (SSSR count). The number of carbonyl (C=O) groups excluding carboxylic acids is 1. The lowest BCUT2D eigenvalue weighted by atomic mass is 9.94. The van der Waals surface area contributed by atoms with E-state index < -0.39 is 0 Å². The molecule has 0 aliphatic heterocycles. The van der Waals surface area contributed by atoms with E-state index in [-0.39, 0.29) is 5.78 Å². The second kappa shape index (κ2) is 8.64. The van der Waals surface area contributed by atoms with Crippen molar-refractivity contribution in [1.29, 1.82) is 0 Å². The van der Waals surface area contributed by atoms with E-state index in [9.17, 15) is 4.79 Å². The van der Waals surface area contributed by atoms with Crippen molar-refractivity contribution in [2.45, 2.75) is 33.6 Å². The van der Waals surface area contributed by atoms with Gasteiger partial charge in [-0.2, -0.15) is 0 Å². The molecule has 1 nitrogen and oxygen atoms in total. The highest BCUT2D eigenvalue weighted by Crippen LogP contribution is 2.29. The summed E-state index contributed by atoms with van der Waals surface area (Å²) in [5.41, 5.74) is 3.03. The lowest BCUT2D eigenvalue weighted by molar-refractivity contribution is -0.111. The Labute approximate surface area is 161 Å². The van der Waals surface area contributed by atoms with Gasteiger partial charge in [-0.15, -0.1) is 0 Å². The van der Waals surface area contributed by atoms with E-state index in [0.717, 1.165) is 29.6 Å². The molecule has 136 valence electrons. The first kappa shape index (κ1) is 18.8. The molecule has 27 heavy (non-hydrogen) atoms. The second-order valence-corrected chi connectivity index (χ2v) is 6.70. The van der Waals surface area contributed by atoms with Gasteiger partial charge in [-0.25, -0.2) is 0 Å². The van der Waals surface area contributed by atoms with Crippen LogP contribution in [0.2, 0.25) is 0 Å². The molecule has 1 heteroatoms. The molecule has 0 heterocycles. The zero-order valence-electron chi connectivity index (χ0n) is 16.3. The van der Waals surface area contributed by atoms with Crippen molar-refractivity contribution in [2.24, 2.45) is 0 Å². The first-order valence-electron chi connectivity index (χ1n) is 9.64. The third kappa shape index (κ3) is 3.93. The van der Waals surface area contributed by atoms with Gasteiger partial charge >= 0.3 is 0 Å². The summed E-state index contributed by atoms with van der Waals surface area (Å²) in [6.07, 6.45) is 9.64. The highest BCUT2D eigenvalue weighted by atomic mass is 16.1. The molecule has 0 amide bonds. The average Bonchev–Trinajstić information content (AvgIpc) is 2.70. The maximum atomic E-state index is 12.9. The Balaban J connectivity index is 2.08. The van der Waals surface area contributed by atoms with Crippen LogP contribution in [0.1, 0.15) is 39.2 Å². The Bertz CT molecular complexity index is 1010. The molecule has 0 saturated carbocycles. The Hall–Kier alpha value is -2.93. The summed E-state index contributed by atoms with van der Waals surface area (Å²) in [5, 5.41) is 4.72. The van der Waals surface area contributed by atoms with Crippen LogP contribution in [0.5, 0.6) is 0 Å². The minimum atomic E-state index is 0.0658. The maximum absolute atomic E-state index is 12.9. The van der Waals surface area contributed by atoms with Crippen LogP contribution < -0.4 is 0 Å². The van der Waals surface area contributed by atoms with Gasteiger partial charge in [-0.1, -0.05) is 74.0 Å². The Morgan fingerprint density at radius 3 is 2.00 bits per heavy atom. The molecule has 0 saturated heterocycles. The fourth-order valence-electron chi connectivity index (χ4n) is 3.67. The maximum Gasteiger partial charge on any atom is 0.185 e. The molecular formula is C26H26O. The van der Waals surface area contributed by atoms with E-state index >= 15 is 0 Å². The van der Waals surface area contributed by atoms with Crippen molar-refractivity contribution in [3.8, 4) is 0 Å². The average molecular weight is 354 g/mol. The molecular weight excluding hydrogens is 328 g/mol. The van der Waals surface area contributed by atoms with E-state index in [1.807, 2.05) is 38.1 Å². The van der Waals surface area contributed by atoms with Gasteiger partial charge in [0.15, 0.2) is 5.78 Å². The summed E-state index contributed by atoms with van der Waals surface area (Å²) in [4.78, 5) is 12.9. The van der Waals surface area contributed by atoms with Crippen LogP contribution in [0, 0.1) is 0 Å². The van der Waals surface area contributed by atoms with Gasteiger partial charge in [0.25, 0.3) is 0 Å². The van der Waals surface area contributed by atoms with Crippen molar-refractivity contribution >= 4 is 33.4 Å². The standard InChI is InChI=1S/C26H26O/c1-4-11-19(5-2)22(6-3)26(27)17-16-25-23-14-9-7-12-20(23)18-21-13-8-10-15-24(21)25/h5-10,12-18H,4,11H2,1-3H3/b17-16+,19-5-,22-6+. The summed E-state index contributed by atoms with van der Waals surface area (Å²) < 4.78 is 0. The van der Waals surface area contributed by atoms with Crippen LogP contribution in [-0.2, 0) is 4.79 Å². The lowest BCUT2D eigenvalue weighted by Crippen LogP contribution is -2.02. The van der Waals surface area contributed by atoms with Gasteiger partial charge in [-0.3, -0.25) is 4.79 Å². The minimum Gasteiger partial charge on any atom is -0.289 e. The summed E-state index contributed by atoms with van der Waals surface area (Å²) in [5.74, 6) is 0.0658. The number of benzene rings is 3. The fraction of sp³-hybridized carbons (Fsp3) is 0.192. The minimum absolute atomic E-state index is 0.0658. The summed E-state index contributed by atoms with van der Waals surface area (Å²) in [7, 11) is 0. The van der Waals surface area contributed by atoms with E-state index in [0.29, 0.717) is 0 Å². The Morgan fingerprint density at radius 1 is 0.889 bits per heavy atom. The van der Waals surface area contributed by atoms with Crippen molar-refractivity contribution in [3.63, 3.8) is 0 Å². The van der Waals surface area contributed by atoms with Crippen LogP contribution in [0.15, 0.2) is 84.0 Å². The molecule has 0 radical (unpaired) electrons. The highest BCUT2D eigenvalue weighted by molar-refractivity contribution is 6.13. The zero-order valence-corrected chi connectivity index (χ0v) is 16.3. The van der Waals surface area contributed by atoms with Crippen molar-refractivity contribution in [1.82, 2.24) is 0 Å². The van der Waals surface area contributed by atoms with E-state index in [4.69, 9.17) is 0 Å². The van der Waals surface area contributed by atoms with Gasteiger partial charge in [0, 0.05) is 5.57 Å². The molecule has 3 aromatic rings. The Kier molecular flexibility index (Phi) is 6.03. The number of carbonyl (C=O) groups is 1. The van der Waals surface area contributed by atoms with Gasteiger partial charge in [0.05, 0.1) is 0 Å². The SMILES string of the molecule is C/C=C(CCC)\C(=C/C)C(=O)/C=C/c1c2ccccc2cc2ccccc12. The van der Waals surface area contributed by atoms with Crippen molar-refractivity contribution < 1.29 is 4.79 Å². The highest BCUT2D eigenvalue weighted by Gasteiger charge is 2.11. The van der Waals surface area contributed by atoms with E-state index in [2.05, 4.69) is 55.5 Å². The quantitative estimate of drug-likeness (QED) is 0.258. The topological polar surface area (TPSA) is 17.1 Å². The third-order valence-electron chi connectivity index (χ3n) is 4.98. The third-order valence-corrected chi connectivity index (χ3v) is 4.98. The van der Waals surface area contributed by atoms with E-state index in [1.54, 1.807) is 6.08 Å². The molecule has 0 fully saturated rings. The molecule has 0 aliphatic rings. The largest absolute Gasteiger partial charge is 0.289 e. The van der Waals surface area contributed by atoms with Gasteiger partial charge < -0.3 is 0 Å². The van der Waals surface area contributed by atoms with E-state index in [1.165, 1.54) is 21.5 Å². The lowest BCUT2D eigenvalue weighted by Gasteiger charge is -2.10. The van der Waals surface area contributed by atoms with Crippen molar-refractivity contribution in [2.75, 3.05) is 0 Å². The first-order chi connectivity index (χ1) is 13.2. The molecule has 0 aromatic heterocycles. The smallest absolute Gasteiger partial charge is 0.185 e. The fourth-order valence-corrected chi connectivity index (χ4v) is 3.67. The first-order valence-corrected chi connectivity index (χ1v) is 9.64. The normalized spacial score (nSPS) is 13.0. The number of rotatable bonds is 6. The van der Waals surface area contributed by atoms with Crippen LogP contribution in [0.3, 0.4) is 0 Å². The number of hydrogen-bond donors (Lipinski definition) is 0. The molecule has 0 aliphatic carbocycles. The van der Waals surface area contributed by atoms with Crippen LogP contribution >= 0.6 is 0 Å². The number of fused-ring (bicyclic) bond motifs is 2. The van der Waals surface area contributed by atoms with Crippen LogP contribution in [0.4, 0.5) is 0 Å².